The number of aromatic nitrogens is 1. The first-order chi connectivity index (χ1) is 10.6. The third-order valence-electron chi connectivity index (χ3n) is 4.76. The highest BCUT2D eigenvalue weighted by Crippen LogP contribution is 2.23. The van der Waals surface area contributed by atoms with E-state index in [2.05, 4.69) is 9.88 Å². The van der Waals surface area contributed by atoms with Gasteiger partial charge in [-0.05, 0) is 57.5 Å². The van der Waals surface area contributed by atoms with Crippen LogP contribution in [0.4, 0.5) is 0 Å². The molecule has 1 N–H and O–H groups in total. The van der Waals surface area contributed by atoms with Crippen LogP contribution in [0.5, 0.6) is 0 Å². The average molecular weight is 319 g/mol. The molecule has 22 heavy (non-hydrogen) atoms. The maximum atomic E-state index is 12.9. The van der Waals surface area contributed by atoms with E-state index < -0.39 is 0 Å². The number of nitrogens with one attached hydrogen (secondary N) is 1. The van der Waals surface area contributed by atoms with Crippen LogP contribution < -0.4 is 5.43 Å². The molecular formula is C18H23ClN2O. The molecule has 118 valence electrons. The van der Waals surface area contributed by atoms with Crippen molar-refractivity contribution < 1.29 is 0 Å². The predicted molar refractivity (Wildman–Crippen MR) is 92.8 cm³/mol. The lowest BCUT2D eigenvalue weighted by Crippen LogP contribution is -2.28. The predicted octanol–water partition coefficient (Wildman–Crippen LogP) is 4.17. The summed E-state index contributed by atoms with van der Waals surface area (Å²) in [5.74, 6) is 0. The Morgan fingerprint density at radius 3 is 2.50 bits per heavy atom. The molecular weight excluding hydrogens is 296 g/mol. The van der Waals surface area contributed by atoms with Crippen molar-refractivity contribution in [1.82, 2.24) is 9.88 Å². The fourth-order valence-electron chi connectivity index (χ4n) is 3.34. The zero-order valence-corrected chi connectivity index (χ0v) is 14.1. The van der Waals surface area contributed by atoms with Crippen molar-refractivity contribution in [2.75, 3.05) is 13.1 Å². The molecule has 1 saturated heterocycles. The molecule has 1 aliphatic rings. The molecule has 1 aliphatic heterocycles. The minimum Gasteiger partial charge on any atom is -0.358 e. The highest BCUT2D eigenvalue weighted by atomic mass is 35.5. The Labute approximate surface area is 136 Å². The van der Waals surface area contributed by atoms with Crippen molar-refractivity contribution in [2.24, 2.45) is 0 Å². The minimum absolute atomic E-state index is 0.148. The largest absolute Gasteiger partial charge is 0.358 e. The van der Waals surface area contributed by atoms with Gasteiger partial charge in [0.25, 0.3) is 0 Å². The van der Waals surface area contributed by atoms with E-state index in [1.807, 2.05) is 26.0 Å². The van der Waals surface area contributed by atoms with Gasteiger partial charge in [0, 0.05) is 28.2 Å². The average Bonchev–Trinajstić information content (AvgIpc) is 2.76. The SMILES string of the molecule is Cc1[nH]c2c(C)c(Cl)ccc2c(=O)c1CN1CCCCCC1. The lowest BCUT2D eigenvalue weighted by Gasteiger charge is -2.21. The highest BCUT2D eigenvalue weighted by Gasteiger charge is 2.16. The molecule has 0 radical (unpaired) electrons. The Hall–Kier alpha value is -1.32. The molecule has 3 nitrogen and oxygen atoms in total. The molecule has 1 fully saturated rings. The number of likely N-dealkylation sites (tertiary alicyclic amines) is 1. The van der Waals surface area contributed by atoms with Gasteiger partial charge in [0.1, 0.15) is 0 Å². The van der Waals surface area contributed by atoms with Crippen LogP contribution >= 0.6 is 11.6 Å². The van der Waals surface area contributed by atoms with Gasteiger partial charge in [0.2, 0.25) is 0 Å². The Morgan fingerprint density at radius 1 is 1.14 bits per heavy atom. The number of aryl methyl sites for hydroxylation is 2. The van der Waals surface area contributed by atoms with Crippen LogP contribution in [0.3, 0.4) is 0 Å². The second-order valence-electron chi connectivity index (χ2n) is 6.34. The summed E-state index contributed by atoms with van der Waals surface area (Å²) >= 11 is 6.18. The van der Waals surface area contributed by atoms with Crippen LogP contribution in [-0.2, 0) is 6.54 Å². The number of H-pyrrole nitrogens is 1. The van der Waals surface area contributed by atoms with Crippen molar-refractivity contribution in [1.29, 1.82) is 0 Å². The Kier molecular flexibility index (Phi) is 4.55. The molecule has 0 atom stereocenters. The molecule has 2 aromatic rings. The molecule has 1 aromatic heterocycles. The molecule has 1 aromatic carbocycles. The van der Waals surface area contributed by atoms with E-state index in [1.165, 1.54) is 25.7 Å². The van der Waals surface area contributed by atoms with Gasteiger partial charge in [-0.25, -0.2) is 0 Å². The maximum absolute atomic E-state index is 12.9. The smallest absolute Gasteiger partial charge is 0.194 e. The summed E-state index contributed by atoms with van der Waals surface area (Å²) in [4.78, 5) is 18.7. The molecule has 0 amide bonds. The van der Waals surface area contributed by atoms with Crippen molar-refractivity contribution in [3.8, 4) is 0 Å². The van der Waals surface area contributed by atoms with Gasteiger partial charge in [0.15, 0.2) is 5.43 Å². The van der Waals surface area contributed by atoms with Gasteiger partial charge in [-0.3, -0.25) is 9.69 Å². The second kappa shape index (κ2) is 6.43. The summed E-state index contributed by atoms with van der Waals surface area (Å²) < 4.78 is 0. The monoisotopic (exact) mass is 318 g/mol. The van der Waals surface area contributed by atoms with Gasteiger partial charge in [0.05, 0.1) is 5.52 Å². The number of fused-ring (bicyclic) bond motifs is 1. The molecule has 0 saturated carbocycles. The Balaban J connectivity index is 2.03. The lowest BCUT2D eigenvalue weighted by atomic mass is 10.1. The van der Waals surface area contributed by atoms with Crippen molar-refractivity contribution >= 4 is 22.5 Å². The number of pyridine rings is 1. The van der Waals surface area contributed by atoms with Gasteiger partial charge < -0.3 is 4.98 Å². The highest BCUT2D eigenvalue weighted by molar-refractivity contribution is 6.32. The summed E-state index contributed by atoms with van der Waals surface area (Å²) in [5.41, 5.74) is 3.83. The first kappa shape index (κ1) is 15.6. The van der Waals surface area contributed by atoms with Crippen LogP contribution in [0, 0.1) is 13.8 Å². The van der Waals surface area contributed by atoms with Crippen LogP contribution in [-0.4, -0.2) is 23.0 Å². The van der Waals surface area contributed by atoms with Crippen LogP contribution in [0.25, 0.3) is 10.9 Å². The fraction of sp³-hybridized carbons (Fsp3) is 0.500. The Morgan fingerprint density at radius 2 is 1.82 bits per heavy atom. The summed E-state index contributed by atoms with van der Waals surface area (Å²) in [5, 5.41) is 1.44. The van der Waals surface area contributed by atoms with Gasteiger partial charge in [-0.1, -0.05) is 24.4 Å². The summed E-state index contributed by atoms with van der Waals surface area (Å²) in [6.07, 6.45) is 5.08. The summed E-state index contributed by atoms with van der Waals surface area (Å²) in [6, 6.07) is 3.66. The number of aromatic amines is 1. The third kappa shape index (κ3) is 2.92. The summed E-state index contributed by atoms with van der Waals surface area (Å²) in [7, 11) is 0. The first-order valence-electron chi connectivity index (χ1n) is 8.11. The molecule has 3 rings (SSSR count). The normalized spacial score (nSPS) is 16.9. The number of benzene rings is 1. The van der Waals surface area contributed by atoms with E-state index in [4.69, 9.17) is 11.6 Å². The van der Waals surface area contributed by atoms with Gasteiger partial charge >= 0.3 is 0 Å². The standard InChI is InChI=1S/C18H23ClN2O/c1-12-16(19)8-7-14-17(12)20-13(2)15(18(14)22)11-21-9-5-3-4-6-10-21/h7-8H,3-6,9-11H2,1-2H3,(H,20,22). The molecule has 2 heterocycles. The fourth-order valence-corrected chi connectivity index (χ4v) is 3.50. The van der Waals surface area contributed by atoms with Crippen molar-refractivity contribution in [3.05, 3.63) is 44.2 Å². The van der Waals surface area contributed by atoms with E-state index >= 15 is 0 Å². The molecule has 0 unspecified atom stereocenters. The van der Waals surface area contributed by atoms with Gasteiger partial charge in [-0.15, -0.1) is 0 Å². The zero-order chi connectivity index (χ0) is 15.7. The molecule has 0 aliphatic carbocycles. The van der Waals surface area contributed by atoms with E-state index in [0.29, 0.717) is 5.02 Å². The zero-order valence-electron chi connectivity index (χ0n) is 13.3. The molecule has 0 bridgehead atoms. The van der Waals surface area contributed by atoms with E-state index in [-0.39, 0.29) is 5.43 Å². The van der Waals surface area contributed by atoms with E-state index in [9.17, 15) is 4.79 Å². The second-order valence-corrected chi connectivity index (χ2v) is 6.75. The Bertz CT molecular complexity index is 743. The quantitative estimate of drug-likeness (QED) is 0.902. The van der Waals surface area contributed by atoms with Crippen LogP contribution in [0.2, 0.25) is 5.02 Å². The number of rotatable bonds is 2. The van der Waals surface area contributed by atoms with Crippen molar-refractivity contribution in [2.45, 2.75) is 46.1 Å². The number of hydrogen-bond donors (Lipinski definition) is 1. The van der Waals surface area contributed by atoms with Crippen molar-refractivity contribution in [3.63, 3.8) is 0 Å². The topological polar surface area (TPSA) is 36.1 Å². The van der Waals surface area contributed by atoms with Gasteiger partial charge in [-0.2, -0.15) is 0 Å². The summed E-state index contributed by atoms with van der Waals surface area (Å²) in [6.45, 7) is 6.88. The van der Waals surface area contributed by atoms with E-state index in [0.717, 1.165) is 47.4 Å². The number of hydrogen-bond acceptors (Lipinski definition) is 2. The molecule has 0 spiro atoms. The number of halogens is 1. The van der Waals surface area contributed by atoms with Crippen LogP contribution in [0.15, 0.2) is 16.9 Å². The minimum atomic E-state index is 0.148. The third-order valence-corrected chi connectivity index (χ3v) is 5.17. The maximum Gasteiger partial charge on any atom is 0.194 e. The van der Waals surface area contributed by atoms with Crippen LogP contribution in [0.1, 0.15) is 42.5 Å². The first-order valence-corrected chi connectivity index (χ1v) is 8.48. The molecule has 4 heteroatoms. The number of nitrogens with zero attached hydrogens (tertiary/aromatic N) is 1. The van der Waals surface area contributed by atoms with E-state index in [1.54, 1.807) is 0 Å². The lowest BCUT2D eigenvalue weighted by molar-refractivity contribution is 0.275.